The topological polar surface area (TPSA) is 41.8 Å². The molecule has 0 aliphatic rings. The molecule has 1 rings (SSSR count). The first kappa shape index (κ1) is 8.74. The minimum absolute atomic E-state index is 0.608. The van der Waals surface area contributed by atoms with Gasteiger partial charge in [-0.2, -0.15) is 0 Å². The lowest BCUT2D eigenvalue weighted by Gasteiger charge is -1.98. The normalized spacial score (nSPS) is 10.8. The molecule has 1 N–H and O–H groups in total. The van der Waals surface area contributed by atoms with Gasteiger partial charge < -0.3 is 9.94 Å². The van der Waals surface area contributed by atoms with Gasteiger partial charge in [-0.1, -0.05) is 29.4 Å². The lowest BCUT2D eigenvalue weighted by molar-refractivity contribution is 0.185. The van der Waals surface area contributed by atoms with Crippen LogP contribution >= 0.6 is 0 Å². The Morgan fingerprint density at radius 1 is 1.42 bits per heavy atom. The second-order valence-electron chi connectivity index (χ2n) is 2.42. The average molecular weight is 165 g/mol. The third kappa shape index (κ3) is 2.36. The summed E-state index contributed by atoms with van der Waals surface area (Å²) in [5, 5.41) is 11.2. The molecule has 1 aromatic rings. The maximum absolute atomic E-state index is 8.24. The van der Waals surface area contributed by atoms with Crippen LogP contribution in [0.1, 0.15) is 11.1 Å². The maximum Gasteiger partial charge on any atom is 0.0733 e. The van der Waals surface area contributed by atoms with Crippen LogP contribution in [-0.4, -0.2) is 18.5 Å². The standard InChI is InChI=1S/C9H11NO2/c1-12-7-9-4-2-8(3-5-9)6-10-11/h2-6,11H,7H2,1H3. The lowest BCUT2D eigenvalue weighted by Crippen LogP contribution is -1.88. The lowest BCUT2D eigenvalue weighted by atomic mass is 10.1. The second-order valence-corrected chi connectivity index (χ2v) is 2.42. The highest BCUT2D eigenvalue weighted by Crippen LogP contribution is 2.03. The summed E-state index contributed by atoms with van der Waals surface area (Å²) in [6, 6.07) is 7.60. The summed E-state index contributed by atoms with van der Waals surface area (Å²) in [5.41, 5.74) is 1.98. The van der Waals surface area contributed by atoms with Crippen LogP contribution in [-0.2, 0) is 11.3 Å². The first-order valence-corrected chi connectivity index (χ1v) is 3.62. The van der Waals surface area contributed by atoms with Crippen molar-refractivity contribution in [2.24, 2.45) is 5.16 Å². The molecule has 0 saturated heterocycles. The number of rotatable bonds is 3. The molecule has 64 valence electrons. The van der Waals surface area contributed by atoms with Crippen molar-refractivity contribution in [1.29, 1.82) is 0 Å². The van der Waals surface area contributed by atoms with Gasteiger partial charge in [-0.25, -0.2) is 0 Å². The molecule has 3 heteroatoms. The SMILES string of the molecule is COCc1ccc(C=NO)cc1. The van der Waals surface area contributed by atoms with E-state index in [1.165, 1.54) is 6.21 Å². The molecular formula is C9H11NO2. The first-order chi connectivity index (χ1) is 5.86. The number of benzene rings is 1. The van der Waals surface area contributed by atoms with Crippen molar-refractivity contribution in [3.8, 4) is 0 Å². The predicted octanol–water partition coefficient (Wildman–Crippen LogP) is 1.64. The Morgan fingerprint density at radius 2 is 2.08 bits per heavy atom. The van der Waals surface area contributed by atoms with Crippen LogP contribution in [0.5, 0.6) is 0 Å². The zero-order valence-electron chi connectivity index (χ0n) is 6.90. The molecule has 0 spiro atoms. The summed E-state index contributed by atoms with van der Waals surface area (Å²) in [7, 11) is 1.66. The Bertz CT molecular complexity index is 254. The molecule has 0 unspecified atom stereocenters. The fourth-order valence-electron chi connectivity index (χ4n) is 0.933. The first-order valence-electron chi connectivity index (χ1n) is 3.62. The van der Waals surface area contributed by atoms with Gasteiger partial charge in [0.15, 0.2) is 0 Å². The van der Waals surface area contributed by atoms with Gasteiger partial charge in [0, 0.05) is 7.11 Å². The fourth-order valence-corrected chi connectivity index (χ4v) is 0.933. The Balaban J connectivity index is 2.71. The Hall–Kier alpha value is -1.35. The summed E-state index contributed by atoms with van der Waals surface area (Å²) in [6.45, 7) is 0.608. The second kappa shape index (κ2) is 4.51. The zero-order chi connectivity index (χ0) is 8.81. The van der Waals surface area contributed by atoms with E-state index < -0.39 is 0 Å². The quantitative estimate of drug-likeness (QED) is 0.420. The van der Waals surface area contributed by atoms with Gasteiger partial charge >= 0.3 is 0 Å². The van der Waals surface area contributed by atoms with Crippen LogP contribution in [0.4, 0.5) is 0 Å². The van der Waals surface area contributed by atoms with Crippen molar-refractivity contribution in [3.63, 3.8) is 0 Å². The van der Waals surface area contributed by atoms with Crippen molar-refractivity contribution in [2.75, 3.05) is 7.11 Å². The van der Waals surface area contributed by atoms with E-state index in [9.17, 15) is 0 Å². The van der Waals surface area contributed by atoms with Gasteiger partial charge in [0.2, 0.25) is 0 Å². The van der Waals surface area contributed by atoms with Gasteiger partial charge in [-0.15, -0.1) is 0 Å². The highest BCUT2D eigenvalue weighted by molar-refractivity contribution is 5.78. The minimum atomic E-state index is 0.608. The molecule has 12 heavy (non-hydrogen) atoms. The van der Waals surface area contributed by atoms with Crippen LogP contribution in [0, 0.1) is 0 Å². The van der Waals surface area contributed by atoms with Crippen LogP contribution in [0.25, 0.3) is 0 Å². The van der Waals surface area contributed by atoms with Gasteiger partial charge in [0.1, 0.15) is 0 Å². The number of hydrogen-bond acceptors (Lipinski definition) is 3. The number of nitrogens with zero attached hydrogens (tertiary/aromatic N) is 1. The number of ether oxygens (including phenoxy) is 1. The third-order valence-electron chi connectivity index (χ3n) is 1.50. The highest BCUT2D eigenvalue weighted by Gasteiger charge is 1.90. The molecule has 0 fully saturated rings. The molecule has 0 heterocycles. The number of oxime groups is 1. The van der Waals surface area contributed by atoms with Crippen molar-refractivity contribution in [2.45, 2.75) is 6.61 Å². The van der Waals surface area contributed by atoms with E-state index in [2.05, 4.69) is 5.16 Å². The maximum atomic E-state index is 8.24. The van der Waals surface area contributed by atoms with E-state index in [1.807, 2.05) is 24.3 Å². The van der Waals surface area contributed by atoms with Crippen LogP contribution in [0.2, 0.25) is 0 Å². The molecule has 0 saturated carbocycles. The summed E-state index contributed by atoms with van der Waals surface area (Å²) >= 11 is 0. The van der Waals surface area contributed by atoms with E-state index in [0.717, 1.165) is 11.1 Å². The summed E-state index contributed by atoms with van der Waals surface area (Å²) < 4.78 is 4.94. The highest BCUT2D eigenvalue weighted by atomic mass is 16.5. The van der Waals surface area contributed by atoms with E-state index in [-0.39, 0.29) is 0 Å². The van der Waals surface area contributed by atoms with Crippen molar-refractivity contribution in [3.05, 3.63) is 35.4 Å². The summed E-state index contributed by atoms with van der Waals surface area (Å²) in [6.07, 6.45) is 1.39. The average Bonchev–Trinajstić information content (AvgIpc) is 2.09. The van der Waals surface area contributed by atoms with Crippen LogP contribution in [0.3, 0.4) is 0 Å². The molecule has 0 aliphatic carbocycles. The van der Waals surface area contributed by atoms with Crippen LogP contribution < -0.4 is 0 Å². The number of methoxy groups -OCH3 is 1. The third-order valence-corrected chi connectivity index (χ3v) is 1.50. The van der Waals surface area contributed by atoms with Gasteiger partial charge in [-0.3, -0.25) is 0 Å². The van der Waals surface area contributed by atoms with E-state index >= 15 is 0 Å². The number of hydrogen-bond donors (Lipinski definition) is 1. The minimum Gasteiger partial charge on any atom is -0.411 e. The van der Waals surface area contributed by atoms with E-state index in [1.54, 1.807) is 7.11 Å². The van der Waals surface area contributed by atoms with Gasteiger partial charge in [0.25, 0.3) is 0 Å². The Kier molecular flexibility index (Phi) is 3.29. The fraction of sp³-hybridized carbons (Fsp3) is 0.222. The zero-order valence-corrected chi connectivity index (χ0v) is 6.90. The molecule has 3 nitrogen and oxygen atoms in total. The summed E-state index contributed by atoms with van der Waals surface area (Å²) in [4.78, 5) is 0. The summed E-state index contributed by atoms with van der Waals surface area (Å²) in [5.74, 6) is 0. The van der Waals surface area contributed by atoms with E-state index in [4.69, 9.17) is 9.94 Å². The molecule has 0 aromatic heterocycles. The molecular weight excluding hydrogens is 154 g/mol. The van der Waals surface area contributed by atoms with Crippen LogP contribution in [0.15, 0.2) is 29.4 Å². The molecule has 0 atom stereocenters. The molecule has 0 amide bonds. The molecule has 1 aromatic carbocycles. The van der Waals surface area contributed by atoms with Crippen molar-refractivity contribution in [1.82, 2.24) is 0 Å². The van der Waals surface area contributed by atoms with Crippen molar-refractivity contribution < 1.29 is 9.94 Å². The largest absolute Gasteiger partial charge is 0.411 e. The van der Waals surface area contributed by atoms with Gasteiger partial charge in [-0.05, 0) is 11.1 Å². The monoisotopic (exact) mass is 165 g/mol. The molecule has 0 bridgehead atoms. The molecule has 0 aliphatic heterocycles. The smallest absolute Gasteiger partial charge is 0.0733 e. The molecule has 0 radical (unpaired) electrons. The van der Waals surface area contributed by atoms with Gasteiger partial charge in [0.05, 0.1) is 12.8 Å². The Morgan fingerprint density at radius 3 is 2.58 bits per heavy atom. The van der Waals surface area contributed by atoms with Crippen molar-refractivity contribution >= 4 is 6.21 Å². The predicted molar refractivity (Wildman–Crippen MR) is 46.5 cm³/mol. The van der Waals surface area contributed by atoms with E-state index in [0.29, 0.717) is 6.61 Å². The Labute approximate surface area is 71.3 Å².